The molecule has 0 aliphatic carbocycles. The Morgan fingerprint density at radius 2 is 2.07 bits per heavy atom. The van der Waals surface area contributed by atoms with Gasteiger partial charge in [-0.05, 0) is 24.5 Å². The summed E-state index contributed by atoms with van der Waals surface area (Å²) in [4.78, 5) is 0. The molecule has 0 aromatic heterocycles. The Balaban J connectivity index is 2.41. The highest BCUT2D eigenvalue weighted by Crippen LogP contribution is 2.18. The van der Waals surface area contributed by atoms with E-state index in [1.165, 1.54) is 0 Å². The van der Waals surface area contributed by atoms with Crippen molar-refractivity contribution in [2.45, 2.75) is 18.2 Å². The second-order valence-electron chi connectivity index (χ2n) is 3.18. The summed E-state index contributed by atoms with van der Waals surface area (Å²) >= 11 is 12.0. The fraction of sp³-hybridized carbons (Fsp3) is 0.455. The number of benzene rings is 1. The summed E-state index contributed by atoms with van der Waals surface area (Å²) in [6.45, 7) is 0.589. The van der Waals surface area contributed by atoms with Gasteiger partial charge in [-0.3, -0.25) is 0 Å². The molecule has 0 saturated carbocycles. The van der Waals surface area contributed by atoms with Gasteiger partial charge in [-0.15, -0.1) is 11.6 Å². The van der Waals surface area contributed by atoms with E-state index in [1.807, 2.05) is 24.3 Å². The Morgan fingerprint density at radius 1 is 1.36 bits per heavy atom. The number of aryl methyl sites for hydroxylation is 1. The monoisotopic (exact) mass is 232 g/mol. The van der Waals surface area contributed by atoms with Crippen LogP contribution in [0.2, 0.25) is 5.02 Å². The average molecular weight is 233 g/mol. The first-order valence-electron chi connectivity index (χ1n) is 4.60. The van der Waals surface area contributed by atoms with E-state index in [1.54, 1.807) is 7.11 Å². The van der Waals surface area contributed by atoms with Crippen LogP contribution in [0, 0.1) is 0 Å². The SMILES string of the molecule is COCC(Cl)CCc1ccccc1Cl. The lowest BCUT2D eigenvalue weighted by Gasteiger charge is -2.08. The van der Waals surface area contributed by atoms with E-state index in [0.29, 0.717) is 6.61 Å². The number of ether oxygens (including phenoxy) is 1. The van der Waals surface area contributed by atoms with E-state index in [0.717, 1.165) is 23.4 Å². The molecular weight excluding hydrogens is 219 g/mol. The lowest BCUT2D eigenvalue weighted by molar-refractivity contribution is 0.195. The molecule has 3 heteroatoms. The van der Waals surface area contributed by atoms with Gasteiger partial charge in [0.05, 0.1) is 12.0 Å². The lowest BCUT2D eigenvalue weighted by Crippen LogP contribution is -2.08. The Morgan fingerprint density at radius 3 is 2.71 bits per heavy atom. The summed E-state index contributed by atoms with van der Waals surface area (Å²) < 4.78 is 4.96. The minimum absolute atomic E-state index is 0.0660. The molecule has 1 atom stereocenters. The maximum absolute atomic E-state index is 6.02. The topological polar surface area (TPSA) is 9.23 Å². The molecule has 0 fully saturated rings. The summed E-state index contributed by atoms with van der Waals surface area (Å²) in [5, 5.41) is 0.880. The van der Waals surface area contributed by atoms with Crippen molar-refractivity contribution in [3.05, 3.63) is 34.9 Å². The first-order valence-corrected chi connectivity index (χ1v) is 5.42. The van der Waals surface area contributed by atoms with Gasteiger partial charge in [-0.2, -0.15) is 0 Å². The van der Waals surface area contributed by atoms with E-state index < -0.39 is 0 Å². The molecule has 0 aliphatic rings. The summed E-state index contributed by atoms with van der Waals surface area (Å²) in [6.07, 6.45) is 1.79. The van der Waals surface area contributed by atoms with Gasteiger partial charge in [-0.1, -0.05) is 29.8 Å². The summed E-state index contributed by atoms with van der Waals surface area (Å²) in [5.41, 5.74) is 1.15. The van der Waals surface area contributed by atoms with Gasteiger partial charge in [0, 0.05) is 12.1 Å². The standard InChI is InChI=1S/C11H14Cl2O/c1-14-8-10(12)7-6-9-4-2-3-5-11(9)13/h2-5,10H,6-8H2,1H3. The molecule has 14 heavy (non-hydrogen) atoms. The molecule has 0 amide bonds. The molecule has 0 heterocycles. The predicted octanol–water partition coefficient (Wildman–Crippen LogP) is 3.53. The largest absolute Gasteiger partial charge is 0.383 e. The van der Waals surface area contributed by atoms with Crippen LogP contribution in [0.25, 0.3) is 0 Å². The van der Waals surface area contributed by atoms with Crippen molar-refractivity contribution in [3.63, 3.8) is 0 Å². The van der Waals surface area contributed by atoms with E-state index in [9.17, 15) is 0 Å². The molecule has 1 aromatic rings. The first-order chi connectivity index (χ1) is 6.74. The third-order valence-corrected chi connectivity index (χ3v) is 2.75. The molecule has 0 radical (unpaired) electrons. The Hall–Kier alpha value is -0.240. The minimum atomic E-state index is 0.0660. The van der Waals surface area contributed by atoms with Crippen LogP contribution in [0.4, 0.5) is 0 Å². The van der Waals surface area contributed by atoms with Crippen LogP contribution in [0.15, 0.2) is 24.3 Å². The van der Waals surface area contributed by atoms with E-state index in [-0.39, 0.29) is 5.38 Å². The quantitative estimate of drug-likeness (QED) is 0.707. The van der Waals surface area contributed by atoms with Crippen LogP contribution in [0.3, 0.4) is 0 Å². The smallest absolute Gasteiger partial charge is 0.0626 e. The van der Waals surface area contributed by atoms with Crippen molar-refractivity contribution in [3.8, 4) is 0 Å². The summed E-state index contributed by atoms with van der Waals surface area (Å²) in [5.74, 6) is 0. The van der Waals surface area contributed by atoms with Crippen molar-refractivity contribution in [1.82, 2.24) is 0 Å². The predicted molar refractivity (Wildman–Crippen MR) is 61.3 cm³/mol. The number of hydrogen-bond donors (Lipinski definition) is 0. The van der Waals surface area contributed by atoms with E-state index >= 15 is 0 Å². The average Bonchev–Trinajstić information content (AvgIpc) is 2.17. The van der Waals surface area contributed by atoms with Gasteiger partial charge in [0.2, 0.25) is 0 Å². The maximum Gasteiger partial charge on any atom is 0.0626 e. The lowest BCUT2D eigenvalue weighted by atomic mass is 10.1. The van der Waals surface area contributed by atoms with Gasteiger partial charge < -0.3 is 4.74 Å². The van der Waals surface area contributed by atoms with Gasteiger partial charge in [0.25, 0.3) is 0 Å². The maximum atomic E-state index is 6.02. The highest BCUT2D eigenvalue weighted by molar-refractivity contribution is 6.31. The third kappa shape index (κ3) is 3.87. The van der Waals surface area contributed by atoms with Crippen molar-refractivity contribution in [2.75, 3.05) is 13.7 Å². The zero-order chi connectivity index (χ0) is 10.4. The van der Waals surface area contributed by atoms with Crippen LogP contribution in [0.1, 0.15) is 12.0 Å². The van der Waals surface area contributed by atoms with Gasteiger partial charge in [0.15, 0.2) is 0 Å². The van der Waals surface area contributed by atoms with Crippen LogP contribution >= 0.6 is 23.2 Å². The number of rotatable bonds is 5. The zero-order valence-electron chi connectivity index (χ0n) is 8.17. The van der Waals surface area contributed by atoms with E-state index in [2.05, 4.69) is 0 Å². The second kappa shape index (κ2) is 6.28. The van der Waals surface area contributed by atoms with Crippen LogP contribution in [-0.4, -0.2) is 19.1 Å². The fourth-order valence-electron chi connectivity index (χ4n) is 1.28. The zero-order valence-corrected chi connectivity index (χ0v) is 9.68. The van der Waals surface area contributed by atoms with Crippen LogP contribution in [0.5, 0.6) is 0 Å². The molecule has 0 bridgehead atoms. The van der Waals surface area contributed by atoms with Crippen LogP contribution < -0.4 is 0 Å². The van der Waals surface area contributed by atoms with Crippen molar-refractivity contribution in [2.24, 2.45) is 0 Å². The fourth-order valence-corrected chi connectivity index (χ4v) is 1.74. The van der Waals surface area contributed by atoms with Gasteiger partial charge in [0.1, 0.15) is 0 Å². The molecular formula is C11H14Cl2O. The minimum Gasteiger partial charge on any atom is -0.383 e. The molecule has 78 valence electrons. The highest BCUT2D eigenvalue weighted by Gasteiger charge is 2.05. The van der Waals surface area contributed by atoms with Crippen LogP contribution in [-0.2, 0) is 11.2 Å². The molecule has 1 unspecified atom stereocenters. The molecule has 1 rings (SSSR count). The first kappa shape index (κ1) is 11.8. The number of hydrogen-bond acceptors (Lipinski definition) is 1. The van der Waals surface area contributed by atoms with Crippen molar-refractivity contribution >= 4 is 23.2 Å². The molecule has 0 aliphatic heterocycles. The number of halogens is 2. The van der Waals surface area contributed by atoms with Crippen molar-refractivity contribution < 1.29 is 4.74 Å². The molecule has 0 spiro atoms. The third-order valence-electron chi connectivity index (χ3n) is 2.03. The van der Waals surface area contributed by atoms with Gasteiger partial charge >= 0.3 is 0 Å². The molecule has 0 saturated heterocycles. The number of methoxy groups -OCH3 is 1. The highest BCUT2D eigenvalue weighted by atomic mass is 35.5. The molecule has 1 aromatic carbocycles. The Bertz CT molecular complexity index is 276. The second-order valence-corrected chi connectivity index (χ2v) is 4.21. The summed E-state index contributed by atoms with van der Waals surface area (Å²) in [6, 6.07) is 7.84. The Labute approximate surface area is 95.0 Å². The Kier molecular flexibility index (Phi) is 5.31. The van der Waals surface area contributed by atoms with Crippen molar-refractivity contribution in [1.29, 1.82) is 0 Å². The normalized spacial score (nSPS) is 12.8. The number of alkyl halides is 1. The molecule has 1 nitrogen and oxygen atoms in total. The van der Waals surface area contributed by atoms with Gasteiger partial charge in [-0.25, -0.2) is 0 Å². The summed E-state index contributed by atoms with van der Waals surface area (Å²) in [7, 11) is 1.66. The molecule has 0 N–H and O–H groups in total. The van der Waals surface area contributed by atoms with E-state index in [4.69, 9.17) is 27.9 Å².